The quantitative estimate of drug-likeness (QED) is 0.811. The molecule has 6 nitrogen and oxygen atoms in total. The standard InChI is InChI=1S/C20H30N2O4/c1-24-16-7-12(8-17(25-2)20(16)26-3)9-18(23)22-19-13-5-4-6-14(19)11-15(21)10-13/h7-8,13-15,19H,4-6,9-11,21H2,1-3H3,(H,22,23). The molecule has 3 rings (SSSR count). The van der Waals surface area contributed by atoms with Crippen molar-refractivity contribution in [1.82, 2.24) is 5.32 Å². The first kappa shape index (κ1) is 18.8. The van der Waals surface area contributed by atoms with Crippen molar-refractivity contribution in [2.24, 2.45) is 17.6 Å². The van der Waals surface area contributed by atoms with Gasteiger partial charge in [-0.2, -0.15) is 0 Å². The number of ether oxygens (including phenoxy) is 3. The fourth-order valence-electron chi connectivity index (χ4n) is 4.68. The summed E-state index contributed by atoms with van der Waals surface area (Å²) in [6.07, 6.45) is 5.91. The van der Waals surface area contributed by atoms with Crippen LogP contribution in [0.4, 0.5) is 0 Å². The minimum absolute atomic E-state index is 0.0386. The Balaban J connectivity index is 1.70. The molecule has 2 saturated carbocycles. The number of methoxy groups -OCH3 is 3. The summed E-state index contributed by atoms with van der Waals surface area (Å²) >= 11 is 0. The maximum absolute atomic E-state index is 12.7. The molecule has 26 heavy (non-hydrogen) atoms. The average Bonchev–Trinajstić information content (AvgIpc) is 2.61. The molecule has 6 heteroatoms. The molecule has 2 aliphatic carbocycles. The molecule has 1 amide bonds. The van der Waals surface area contributed by atoms with Crippen LogP contribution >= 0.6 is 0 Å². The van der Waals surface area contributed by atoms with Crippen LogP contribution in [-0.2, 0) is 11.2 Å². The first-order chi connectivity index (χ1) is 12.5. The highest BCUT2D eigenvalue weighted by molar-refractivity contribution is 5.79. The van der Waals surface area contributed by atoms with Crippen LogP contribution in [0.3, 0.4) is 0 Å². The summed E-state index contributed by atoms with van der Waals surface area (Å²) in [5.41, 5.74) is 7.02. The smallest absolute Gasteiger partial charge is 0.224 e. The zero-order chi connectivity index (χ0) is 18.7. The molecule has 2 atom stereocenters. The van der Waals surface area contributed by atoms with Crippen LogP contribution in [0, 0.1) is 11.8 Å². The molecule has 1 aromatic carbocycles. The van der Waals surface area contributed by atoms with Gasteiger partial charge in [0.25, 0.3) is 0 Å². The van der Waals surface area contributed by atoms with E-state index in [-0.39, 0.29) is 18.0 Å². The Labute approximate surface area is 155 Å². The molecule has 2 aliphatic rings. The highest BCUT2D eigenvalue weighted by atomic mass is 16.5. The van der Waals surface area contributed by atoms with Crippen molar-refractivity contribution in [2.75, 3.05) is 21.3 Å². The maximum Gasteiger partial charge on any atom is 0.224 e. The average molecular weight is 362 g/mol. The van der Waals surface area contributed by atoms with E-state index in [1.54, 1.807) is 21.3 Å². The predicted octanol–water partition coefficient (Wildman–Crippen LogP) is 2.28. The molecule has 0 aliphatic heterocycles. The van der Waals surface area contributed by atoms with Crippen molar-refractivity contribution in [2.45, 2.75) is 50.6 Å². The molecule has 2 fully saturated rings. The highest BCUT2D eigenvalue weighted by Crippen LogP contribution is 2.40. The Bertz CT molecular complexity index is 610. The lowest BCUT2D eigenvalue weighted by Crippen LogP contribution is -2.54. The molecule has 0 heterocycles. The Kier molecular flexibility index (Phi) is 5.91. The molecule has 2 unspecified atom stereocenters. The van der Waals surface area contributed by atoms with Gasteiger partial charge in [-0.25, -0.2) is 0 Å². The largest absolute Gasteiger partial charge is 0.493 e. The monoisotopic (exact) mass is 362 g/mol. The van der Waals surface area contributed by atoms with Crippen molar-refractivity contribution < 1.29 is 19.0 Å². The minimum Gasteiger partial charge on any atom is -0.493 e. The topological polar surface area (TPSA) is 82.8 Å². The lowest BCUT2D eigenvalue weighted by molar-refractivity contribution is -0.122. The third-order valence-corrected chi connectivity index (χ3v) is 5.79. The van der Waals surface area contributed by atoms with Crippen molar-refractivity contribution >= 4 is 5.91 Å². The predicted molar refractivity (Wildman–Crippen MR) is 99.8 cm³/mol. The van der Waals surface area contributed by atoms with Crippen LogP contribution < -0.4 is 25.3 Å². The third kappa shape index (κ3) is 3.90. The maximum atomic E-state index is 12.7. The van der Waals surface area contributed by atoms with Gasteiger partial charge >= 0.3 is 0 Å². The van der Waals surface area contributed by atoms with E-state index in [4.69, 9.17) is 19.9 Å². The van der Waals surface area contributed by atoms with E-state index in [0.29, 0.717) is 35.5 Å². The van der Waals surface area contributed by atoms with Gasteiger partial charge < -0.3 is 25.3 Å². The van der Waals surface area contributed by atoms with E-state index >= 15 is 0 Å². The number of benzene rings is 1. The fraction of sp³-hybridized carbons (Fsp3) is 0.650. The van der Waals surface area contributed by atoms with E-state index in [9.17, 15) is 4.79 Å². The number of hydrogen-bond donors (Lipinski definition) is 2. The molecule has 0 radical (unpaired) electrons. The van der Waals surface area contributed by atoms with Crippen LogP contribution in [0.5, 0.6) is 17.2 Å². The SMILES string of the molecule is COc1cc(CC(=O)NC2C3CCCC2CC(N)C3)cc(OC)c1OC. The van der Waals surface area contributed by atoms with Gasteiger partial charge in [0.1, 0.15) is 0 Å². The van der Waals surface area contributed by atoms with E-state index in [0.717, 1.165) is 18.4 Å². The number of nitrogens with one attached hydrogen (secondary N) is 1. The number of nitrogens with two attached hydrogens (primary N) is 1. The first-order valence-electron chi connectivity index (χ1n) is 9.39. The molecule has 2 bridgehead atoms. The fourth-order valence-corrected chi connectivity index (χ4v) is 4.68. The molecule has 0 spiro atoms. The summed E-state index contributed by atoms with van der Waals surface area (Å²) < 4.78 is 16.1. The number of hydrogen-bond acceptors (Lipinski definition) is 5. The van der Waals surface area contributed by atoms with Crippen molar-refractivity contribution in [3.8, 4) is 17.2 Å². The van der Waals surface area contributed by atoms with E-state index in [2.05, 4.69) is 5.32 Å². The first-order valence-corrected chi connectivity index (χ1v) is 9.39. The van der Waals surface area contributed by atoms with Crippen LogP contribution in [0.2, 0.25) is 0 Å². The summed E-state index contributed by atoms with van der Waals surface area (Å²) in [4.78, 5) is 12.7. The number of amides is 1. The van der Waals surface area contributed by atoms with Crippen LogP contribution in [0.1, 0.15) is 37.7 Å². The van der Waals surface area contributed by atoms with Crippen molar-refractivity contribution in [3.63, 3.8) is 0 Å². The number of rotatable bonds is 6. The number of carbonyl (C=O) groups is 1. The number of carbonyl (C=O) groups excluding carboxylic acids is 1. The molecule has 144 valence electrons. The van der Waals surface area contributed by atoms with Crippen LogP contribution in [-0.4, -0.2) is 39.3 Å². The van der Waals surface area contributed by atoms with Gasteiger partial charge in [-0.05, 0) is 55.2 Å². The van der Waals surface area contributed by atoms with E-state index < -0.39 is 0 Å². The van der Waals surface area contributed by atoms with Crippen LogP contribution in [0.25, 0.3) is 0 Å². The Morgan fingerprint density at radius 2 is 1.65 bits per heavy atom. The highest BCUT2D eigenvalue weighted by Gasteiger charge is 2.39. The molecule has 0 aromatic heterocycles. The molecule has 3 N–H and O–H groups in total. The van der Waals surface area contributed by atoms with Gasteiger partial charge in [-0.15, -0.1) is 0 Å². The molecular weight excluding hydrogens is 332 g/mol. The minimum atomic E-state index is 0.0386. The summed E-state index contributed by atoms with van der Waals surface area (Å²) in [6, 6.07) is 4.21. The second-order valence-electron chi connectivity index (χ2n) is 7.49. The lowest BCUT2D eigenvalue weighted by atomic mass is 9.67. The van der Waals surface area contributed by atoms with Gasteiger partial charge in [0.2, 0.25) is 11.7 Å². The van der Waals surface area contributed by atoms with Gasteiger partial charge in [0.15, 0.2) is 11.5 Å². The zero-order valence-corrected chi connectivity index (χ0v) is 15.9. The number of fused-ring (bicyclic) bond motifs is 2. The van der Waals surface area contributed by atoms with E-state index in [1.807, 2.05) is 12.1 Å². The molecular formula is C20H30N2O4. The second kappa shape index (κ2) is 8.16. The summed E-state index contributed by atoms with van der Waals surface area (Å²) in [6.45, 7) is 0. The summed E-state index contributed by atoms with van der Waals surface area (Å²) in [5.74, 6) is 2.74. The normalized spacial score (nSPS) is 27.5. The Morgan fingerprint density at radius 3 is 2.15 bits per heavy atom. The van der Waals surface area contributed by atoms with E-state index in [1.165, 1.54) is 19.3 Å². The van der Waals surface area contributed by atoms with Gasteiger partial charge in [-0.1, -0.05) is 6.42 Å². The second-order valence-corrected chi connectivity index (χ2v) is 7.49. The summed E-state index contributed by atoms with van der Waals surface area (Å²) in [7, 11) is 4.72. The van der Waals surface area contributed by atoms with Crippen molar-refractivity contribution in [3.05, 3.63) is 17.7 Å². The van der Waals surface area contributed by atoms with Gasteiger partial charge in [-0.3, -0.25) is 4.79 Å². The van der Waals surface area contributed by atoms with Gasteiger partial charge in [0, 0.05) is 12.1 Å². The van der Waals surface area contributed by atoms with Gasteiger partial charge in [0.05, 0.1) is 27.8 Å². The molecule has 1 aromatic rings. The third-order valence-electron chi connectivity index (χ3n) is 5.79. The summed E-state index contributed by atoms with van der Waals surface area (Å²) in [5, 5.41) is 3.29. The lowest BCUT2D eigenvalue weighted by Gasteiger charge is -2.45. The zero-order valence-electron chi connectivity index (χ0n) is 15.9. The Morgan fingerprint density at radius 1 is 1.08 bits per heavy atom. The Hall–Kier alpha value is -1.95. The molecule has 0 saturated heterocycles. The van der Waals surface area contributed by atoms with Crippen molar-refractivity contribution in [1.29, 1.82) is 0 Å². The van der Waals surface area contributed by atoms with Crippen LogP contribution in [0.15, 0.2) is 12.1 Å².